The Hall–Kier alpha value is -0.260. The Kier molecular flexibility index (Phi) is 5.98. The molecule has 1 heterocycles. The lowest BCUT2D eigenvalue weighted by molar-refractivity contribution is -0.122. The Labute approximate surface area is 120 Å². The zero-order valence-corrected chi connectivity index (χ0v) is 12.9. The van der Waals surface area contributed by atoms with Gasteiger partial charge >= 0.3 is 0 Å². The molecular weight excluding hydrogens is 260 g/mol. The molecular formula is C14H26N2O2S. The van der Waals surface area contributed by atoms with Crippen LogP contribution in [0.1, 0.15) is 32.1 Å². The zero-order valence-electron chi connectivity index (χ0n) is 12.1. The van der Waals surface area contributed by atoms with Crippen molar-refractivity contribution in [3.05, 3.63) is 0 Å². The second kappa shape index (κ2) is 7.50. The van der Waals surface area contributed by atoms with Crippen molar-refractivity contribution in [2.24, 2.45) is 0 Å². The normalized spacial score (nSPS) is 31.0. The average Bonchev–Trinajstić information content (AvgIpc) is 3.07. The molecule has 1 saturated heterocycles. The number of rotatable bonds is 6. The second-order valence-electron chi connectivity index (χ2n) is 5.63. The van der Waals surface area contributed by atoms with E-state index >= 15 is 0 Å². The van der Waals surface area contributed by atoms with Crippen molar-refractivity contribution in [1.29, 1.82) is 0 Å². The van der Waals surface area contributed by atoms with Gasteiger partial charge in [-0.3, -0.25) is 9.69 Å². The van der Waals surface area contributed by atoms with Crippen molar-refractivity contribution in [2.75, 3.05) is 33.0 Å². The lowest BCUT2D eigenvalue weighted by Crippen LogP contribution is -2.44. The van der Waals surface area contributed by atoms with Crippen LogP contribution >= 0.6 is 11.8 Å². The van der Waals surface area contributed by atoms with E-state index in [1.165, 1.54) is 19.3 Å². The maximum Gasteiger partial charge on any atom is 0.234 e. The van der Waals surface area contributed by atoms with Gasteiger partial charge in [0.1, 0.15) is 0 Å². The van der Waals surface area contributed by atoms with Gasteiger partial charge in [0.15, 0.2) is 0 Å². The van der Waals surface area contributed by atoms with E-state index in [0.717, 1.165) is 19.4 Å². The van der Waals surface area contributed by atoms with Crippen molar-refractivity contribution in [1.82, 2.24) is 10.2 Å². The quantitative estimate of drug-likeness (QED) is 0.803. The minimum Gasteiger partial charge on any atom is -0.376 e. The third-order valence-corrected chi connectivity index (χ3v) is 5.39. The largest absolute Gasteiger partial charge is 0.376 e. The Morgan fingerprint density at radius 2 is 2.21 bits per heavy atom. The molecule has 2 aliphatic rings. The van der Waals surface area contributed by atoms with Crippen LogP contribution in [0, 0.1) is 0 Å². The van der Waals surface area contributed by atoms with E-state index in [1.807, 2.05) is 11.8 Å². The lowest BCUT2D eigenvalue weighted by Gasteiger charge is -2.28. The van der Waals surface area contributed by atoms with Crippen LogP contribution in [0.5, 0.6) is 0 Å². The highest BCUT2D eigenvalue weighted by molar-refractivity contribution is 7.99. The first-order valence-corrected chi connectivity index (χ1v) is 8.61. The monoisotopic (exact) mass is 286 g/mol. The summed E-state index contributed by atoms with van der Waals surface area (Å²) in [6, 6.07) is 0.559. The first-order valence-electron chi connectivity index (χ1n) is 7.32. The standard InChI is InChI=1S/C14H26N2O2S/c1-16(12-6-3-7-13(12)19-2)10-14(17)15-9-11-5-4-8-18-11/h11-13H,3-10H2,1-2H3,(H,15,17). The van der Waals surface area contributed by atoms with E-state index in [9.17, 15) is 4.79 Å². The lowest BCUT2D eigenvalue weighted by atomic mass is 10.2. The molecule has 1 aliphatic heterocycles. The van der Waals surface area contributed by atoms with Crippen LogP contribution in [0.3, 0.4) is 0 Å². The van der Waals surface area contributed by atoms with Crippen LogP contribution in [0.25, 0.3) is 0 Å². The summed E-state index contributed by atoms with van der Waals surface area (Å²) in [5.41, 5.74) is 0. The number of likely N-dealkylation sites (N-methyl/N-ethyl adjacent to an activating group) is 1. The molecule has 0 aromatic rings. The highest BCUT2D eigenvalue weighted by Crippen LogP contribution is 2.31. The molecule has 2 fully saturated rings. The van der Waals surface area contributed by atoms with Gasteiger partial charge in [-0.1, -0.05) is 6.42 Å². The van der Waals surface area contributed by atoms with E-state index in [0.29, 0.717) is 24.4 Å². The van der Waals surface area contributed by atoms with Crippen LogP contribution in [0.15, 0.2) is 0 Å². The van der Waals surface area contributed by atoms with Crippen molar-refractivity contribution < 1.29 is 9.53 Å². The Morgan fingerprint density at radius 3 is 2.89 bits per heavy atom. The van der Waals surface area contributed by atoms with E-state index in [2.05, 4.69) is 23.5 Å². The molecule has 0 radical (unpaired) electrons. The zero-order chi connectivity index (χ0) is 13.7. The van der Waals surface area contributed by atoms with Crippen LogP contribution in [0.4, 0.5) is 0 Å². The molecule has 110 valence electrons. The molecule has 1 aliphatic carbocycles. The number of ether oxygens (including phenoxy) is 1. The molecule has 1 amide bonds. The highest BCUT2D eigenvalue weighted by Gasteiger charge is 2.30. The van der Waals surface area contributed by atoms with Gasteiger partial charge in [-0.25, -0.2) is 0 Å². The Morgan fingerprint density at radius 1 is 1.37 bits per heavy atom. The Bertz CT molecular complexity index is 295. The van der Waals surface area contributed by atoms with Crippen LogP contribution in [-0.4, -0.2) is 61.2 Å². The number of hydrogen-bond acceptors (Lipinski definition) is 4. The maximum atomic E-state index is 11.9. The highest BCUT2D eigenvalue weighted by atomic mass is 32.2. The average molecular weight is 286 g/mol. The third kappa shape index (κ3) is 4.36. The second-order valence-corrected chi connectivity index (χ2v) is 6.70. The first kappa shape index (κ1) is 15.1. The van der Waals surface area contributed by atoms with Gasteiger partial charge in [0.2, 0.25) is 5.91 Å². The van der Waals surface area contributed by atoms with Crippen molar-refractivity contribution in [3.8, 4) is 0 Å². The smallest absolute Gasteiger partial charge is 0.234 e. The number of nitrogens with zero attached hydrogens (tertiary/aromatic N) is 1. The number of nitrogens with one attached hydrogen (secondary N) is 1. The van der Waals surface area contributed by atoms with Gasteiger partial charge in [0, 0.05) is 24.4 Å². The summed E-state index contributed by atoms with van der Waals surface area (Å²) in [4.78, 5) is 14.2. The van der Waals surface area contributed by atoms with Crippen LogP contribution in [-0.2, 0) is 9.53 Å². The topological polar surface area (TPSA) is 41.6 Å². The summed E-state index contributed by atoms with van der Waals surface area (Å²) in [6.07, 6.45) is 8.41. The minimum atomic E-state index is 0.129. The summed E-state index contributed by atoms with van der Waals surface area (Å²) >= 11 is 1.94. The SMILES string of the molecule is CSC1CCCC1N(C)CC(=O)NCC1CCCO1. The third-order valence-electron chi connectivity index (χ3n) is 4.23. The van der Waals surface area contributed by atoms with E-state index in [-0.39, 0.29) is 12.0 Å². The first-order chi connectivity index (χ1) is 9.20. The number of carbonyl (C=O) groups excluding carboxylic acids is 1. The summed E-state index contributed by atoms with van der Waals surface area (Å²) in [5, 5.41) is 3.69. The predicted octanol–water partition coefficient (Wildman–Crippen LogP) is 1.50. The van der Waals surface area contributed by atoms with Gasteiger partial charge in [-0.15, -0.1) is 0 Å². The molecule has 4 nitrogen and oxygen atoms in total. The number of carbonyl (C=O) groups is 1. The van der Waals surface area contributed by atoms with E-state index in [1.54, 1.807) is 0 Å². The fourth-order valence-electron chi connectivity index (χ4n) is 3.12. The van der Waals surface area contributed by atoms with Crippen molar-refractivity contribution in [2.45, 2.75) is 49.5 Å². The van der Waals surface area contributed by atoms with Gasteiger partial charge in [-0.2, -0.15) is 11.8 Å². The molecule has 5 heteroatoms. The van der Waals surface area contributed by atoms with Gasteiger partial charge in [0.05, 0.1) is 12.6 Å². The number of amides is 1. The molecule has 1 saturated carbocycles. The number of thioether (sulfide) groups is 1. The number of hydrogen-bond donors (Lipinski definition) is 1. The summed E-state index contributed by atoms with van der Waals surface area (Å²) in [7, 11) is 2.07. The Balaban J connectivity index is 1.68. The van der Waals surface area contributed by atoms with Crippen LogP contribution < -0.4 is 5.32 Å². The van der Waals surface area contributed by atoms with Gasteiger partial charge in [-0.05, 0) is 39.0 Å². The van der Waals surface area contributed by atoms with Crippen molar-refractivity contribution in [3.63, 3.8) is 0 Å². The summed E-state index contributed by atoms with van der Waals surface area (Å²) in [5.74, 6) is 0.129. The molecule has 0 bridgehead atoms. The fraction of sp³-hybridized carbons (Fsp3) is 0.929. The molecule has 0 spiro atoms. The van der Waals surface area contributed by atoms with Gasteiger partial charge < -0.3 is 10.1 Å². The summed E-state index contributed by atoms with van der Waals surface area (Å²) in [6.45, 7) is 2.02. The van der Waals surface area contributed by atoms with E-state index in [4.69, 9.17) is 4.74 Å². The molecule has 0 aromatic heterocycles. The van der Waals surface area contributed by atoms with Gasteiger partial charge in [0.25, 0.3) is 0 Å². The van der Waals surface area contributed by atoms with E-state index < -0.39 is 0 Å². The summed E-state index contributed by atoms with van der Waals surface area (Å²) < 4.78 is 5.51. The molecule has 19 heavy (non-hydrogen) atoms. The molecule has 3 atom stereocenters. The molecule has 2 rings (SSSR count). The minimum absolute atomic E-state index is 0.129. The predicted molar refractivity (Wildman–Crippen MR) is 79.6 cm³/mol. The molecule has 0 aromatic carbocycles. The molecule has 1 N–H and O–H groups in total. The fourth-order valence-corrected chi connectivity index (χ4v) is 4.18. The molecule has 3 unspecified atom stereocenters. The maximum absolute atomic E-state index is 11.9. The van der Waals surface area contributed by atoms with Crippen molar-refractivity contribution >= 4 is 17.7 Å². The van der Waals surface area contributed by atoms with Crippen LogP contribution in [0.2, 0.25) is 0 Å².